The molecule has 0 saturated heterocycles. The zero-order valence-corrected chi connectivity index (χ0v) is 12.8. The third-order valence-corrected chi connectivity index (χ3v) is 3.84. The Kier molecular flexibility index (Phi) is 4.99. The van der Waals surface area contributed by atoms with E-state index in [9.17, 15) is 5.11 Å². The average molecular weight is 285 g/mol. The molecule has 0 heterocycles. The van der Waals surface area contributed by atoms with Crippen molar-refractivity contribution in [1.29, 1.82) is 0 Å². The van der Waals surface area contributed by atoms with Crippen LogP contribution in [0.15, 0.2) is 42.5 Å². The first-order chi connectivity index (χ1) is 10.1. The van der Waals surface area contributed by atoms with Gasteiger partial charge in [0.25, 0.3) is 0 Å². The zero-order valence-electron chi connectivity index (χ0n) is 12.8. The number of hydrogen-bond acceptors (Lipinski definition) is 3. The number of ether oxygens (including phenoxy) is 1. The van der Waals surface area contributed by atoms with Crippen molar-refractivity contribution in [2.45, 2.75) is 25.9 Å². The molecule has 2 atom stereocenters. The Morgan fingerprint density at radius 2 is 1.67 bits per heavy atom. The van der Waals surface area contributed by atoms with E-state index in [1.165, 1.54) is 5.56 Å². The molecule has 0 bridgehead atoms. The summed E-state index contributed by atoms with van der Waals surface area (Å²) in [5.74, 6) is 0.542. The van der Waals surface area contributed by atoms with Gasteiger partial charge in [-0.1, -0.05) is 41.5 Å². The predicted octanol–water partition coefficient (Wildman–Crippen LogP) is 3.09. The molecular weight excluding hydrogens is 262 g/mol. The number of benzene rings is 2. The van der Waals surface area contributed by atoms with Crippen molar-refractivity contribution >= 4 is 0 Å². The smallest absolute Gasteiger partial charge is 0.124 e. The van der Waals surface area contributed by atoms with Crippen LogP contribution in [0.5, 0.6) is 5.75 Å². The van der Waals surface area contributed by atoms with Crippen molar-refractivity contribution in [2.75, 3.05) is 13.7 Å². The molecule has 0 fully saturated rings. The Bertz CT molecular complexity index is 593. The first kappa shape index (κ1) is 15.5. The van der Waals surface area contributed by atoms with Crippen molar-refractivity contribution in [3.05, 3.63) is 64.7 Å². The van der Waals surface area contributed by atoms with Crippen molar-refractivity contribution in [3.63, 3.8) is 0 Å². The summed E-state index contributed by atoms with van der Waals surface area (Å²) in [4.78, 5) is 0. The lowest BCUT2D eigenvalue weighted by Gasteiger charge is -2.24. The molecule has 2 rings (SSSR count). The SMILES string of the molecule is COc1ccc(C)cc1C(O)C(CN)c1ccc(C)cc1. The molecular formula is C18H23NO2. The van der Waals surface area contributed by atoms with Gasteiger partial charge in [-0.05, 0) is 31.5 Å². The molecule has 0 aliphatic heterocycles. The maximum Gasteiger partial charge on any atom is 0.124 e. The molecule has 3 heteroatoms. The van der Waals surface area contributed by atoms with Gasteiger partial charge in [0.2, 0.25) is 0 Å². The minimum Gasteiger partial charge on any atom is -0.496 e. The van der Waals surface area contributed by atoms with E-state index in [4.69, 9.17) is 10.5 Å². The summed E-state index contributed by atoms with van der Waals surface area (Å²) >= 11 is 0. The van der Waals surface area contributed by atoms with Gasteiger partial charge in [0.1, 0.15) is 5.75 Å². The molecule has 3 nitrogen and oxygen atoms in total. The van der Waals surface area contributed by atoms with E-state index in [1.807, 2.05) is 56.3 Å². The highest BCUT2D eigenvalue weighted by molar-refractivity contribution is 5.40. The number of hydrogen-bond donors (Lipinski definition) is 2. The molecule has 0 spiro atoms. The molecule has 2 aromatic carbocycles. The summed E-state index contributed by atoms with van der Waals surface area (Å²) in [5.41, 5.74) is 10.0. The molecule has 0 aliphatic rings. The van der Waals surface area contributed by atoms with E-state index >= 15 is 0 Å². The summed E-state index contributed by atoms with van der Waals surface area (Å²) in [5, 5.41) is 10.8. The quantitative estimate of drug-likeness (QED) is 0.887. The first-order valence-electron chi connectivity index (χ1n) is 7.16. The zero-order chi connectivity index (χ0) is 15.4. The molecule has 2 aromatic rings. The van der Waals surface area contributed by atoms with Crippen LogP contribution in [0.4, 0.5) is 0 Å². The van der Waals surface area contributed by atoms with E-state index in [0.717, 1.165) is 16.7 Å². The van der Waals surface area contributed by atoms with Crippen LogP contribution < -0.4 is 10.5 Å². The van der Waals surface area contributed by atoms with Crippen molar-refractivity contribution < 1.29 is 9.84 Å². The molecule has 112 valence electrons. The number of aliphatic hydroxyl groups is 1. The second-order valence-corrected chi connectivity index (χ2v) is 5.44. The van der Waals surface area contributed by atoms with Crippen LogP contribution in [-0.4, -0.2) is 18.8 Å². The second kappa shape index (κ2) is 6.74. The van der Waals surface area contributed by atoms with Crippen LogP contribution in [-0.2, 0) is 0 Å². The highest BCUT2D eigenvalue weighted by Gasteiger charge is 2.24. The van der Waals surface area contributed by atoms with Crippen molar-refractivity contribution in [2.24, 2.45) is 5.73 Å². The fourth-order valence-electron chi connectivity index (χ4n) is 2.56. The van der Waals surface area contributed by atoms with E-state index in [1.54, 1.807) is 7.11 Å². The number of aliphatic hydroxyl groups excluding tert-OH is 1. The Hall–Kier alpha value is -1.84. The highest BCUT2D eigenvalue weighted by Crippen LogP contribution is 2.35. The summed E-state index contributed by atoms with van der Waals surface area (Å²) < 4.78 is 5.37. The van der Waals surface area contributed by atoms with Gasteiger partial charge in [-0.15, -0.1) is 0 Å². The maximum atomic E-state index is 10.8. The number of aryl methyl sites for hydroxylation is 2. The van der Waals surface area contributed by atoms with Crippen LogP contribution in [0.1, 0.15) is 34.3 Å². The van der Waals surface area contributed by atoms with Crippen LogP contribution in [0.3, 0.4) is 0 Å². The number of methoxy groups -OCH3 is 1. The topological polar surface area (TPSA) is 55.5 Å². The fourth-order valence-corrected chi connectivity index (χ4v) is 2.56. The molecule has 0 aliphatic carbocycles. The monoisotopic (exact) mass is 285 g/mol. The molecule has 0 radical (unpaired) electrons. The number of rotatable bonds is 5. The Morgan fingerprint density at radius 1 is 1.05 bits per heavy atom. The molecule has 0 aromatic heterocycles. The van der Waals surface area contributed by atoms with Crippen LogP contribution in [0.2, 0.25) is 0 Å². The molecule has 0 amide bonds. The predicted molar refractivity (Wildman–Crippen MR) is 85.7 cm³/mol. The minimum absolute atomic E-state index is 0.152. The molecule has 21 heavy (non-hydrogen) atoms. The van der Waals surface area contributed by atoms with Crippen LogP contribution >= 0.6 is 0 Å². The summed E-state index contributed by atoms with van der Waals surface area (Å²) in [6, 6.07) is 13.9. The lowest BCUT2D eigenvalue weighted by atomic mass is 9.88. The van der Waals surface area contributed by atoms with Crippen LogP contribution in [0, 0.1) is 13.8 Å². The summed E-state index contributed by atoms with van der Waals surface area (Å²) in [7, 11) is 1.62. The lowest BCUT2D eigenvalue weighted by Crippen LogP contribution is -2.20. The first-order valence-corrected chi connectivity index (χ1v) is 7.16. The molecule has 2 unspecified atom stereocenters. The van der Waals surface area contributed by atoms with E-state index < -0.39 is 6.10 Å². The maximum absolute atomic E-state index is 10.8. The third kappa shape index (κ3) is 3.43. The van der Waals surface area contributed by atoms with Gasteiger partial charge in [-0.2, -0.15) is 0 Å². The molecule has 3 N–H and O–H groups in total. The summed E-state index contributed by atoms with van der Waals surface area (Å²) in [6.07, 6.45) is -0.687. The largest absolute Gasteiger partial charge is 0.496 e. The van der Waals surface area contributed by atoms with E-state index in [2.05, 4.69) is 0 Å². The van der Waals surface area contributed by atoms with Gasteiger partial charge in [-0.3, -0.25) is 0 Å². The van der Waals surface area contributed by atoms with Gasteiger partial charge < -0.3 is 15.6 Å². The van der Waals surface area contributed by atoms with Crippen LogP contribution in [0.25, 0.3) is 0 Å². The fraction of sp³-hybridized carbons (Fsp3) is 0.333. The summed E-state index contributed by atoms with van der Waals surface area (Å²) in [6.45, 7) is 4.42. The second-order valence-electron chi connectivity index (χ2n) is 5.44. The van der Waals surface area contributed by atoms with Gasteiger partial charge >= 0.3 is 0 Å². The average Bonchev–Trinajstić information content (AvgIpc) is 2.49. The van der Waals surface area contributed by atoms with Gasteiger partial charge in [0.15, 0.2) is 0 Å². The standard InChI is InChI=1S/C18H23NO2/c1-12-4-7-14(8-5-12)16(11-19)18(20)15-10-13(2)6-9-17(15)21-3/h4-10,16,18,20H,11,19H2,1-3H3. The Morgan fingerprint density at radius 3 is 2.24 bits per heavy atom. The van der Waals surface area contributed by atoms with Gasteiger partial charge in [0.05, 0.1) is 13.2 Å². The lowest BCUT2D eigenvalue weighted by molar-refractivity contribution is 0.143. The Labute approximate surface area is 126 Å². The number of nitrogens with two attached hydrogens (primary N) is 1. The van der Waals surface area contributed by atoms with Crippen molar-refractivity contribution in [3.8, 4) is 5.75 Å². The minimum atomic E-state index is -0.687. The molecule has 0 saturated carbocycles. The van der Waals surface area contributed by atoms with E-state index in [0.29, 0.717) is 12.3 Å². The normalized spacial score (nSPS) is 13.8. The highest BCUT2D eigenvalue weighted by atomic mass is 16.5. The van der Waals surface area contributed by atoms with Crippen molar-refractivity contribution in [1.82, 2.24) is 0 Å². The van der Waals surface area contributed by atoms with Gasteiger partial charge in [0, 0.05) is 18.0 Å². The van der Waals surface area contributed by atoms with Gasteiger partial charge in [-0.25, -0.2) is 0 Å². The van der Waals surface area contributed by atoms with E-state index in [-0.39, 0.29) is 5.92 Å². The third-order valence-electron chi connectivity index (χ3n) is 3.84. The Balaban J connectivity index is 2.38.